The number of ether oxygens (including phenoxy) is 1. The van der Waals surface area contributed by atoms with Crippen molar-refractivity contribution >= 4 is 40.6 Å². The average molecular weight is 268 g/mol. The molecule has 0 heterocycles. The van der Waals surface area contributed by atoms with Crippen LogP contribution in [0.25, 0.3) is 0 Å². The fraction of sp³-hybridized carbons (Fsp3) is 0.300. The molecule has 82 valence electrons. The Morgan fingerprint density at radius 3 is 2.27 bits per heavy atom. The molecule has 0 aromatic heterocycles. The molecule has 0 aliphatic carbocycles. The van der Waals surface area contributed by atoms with Crippen LogP contribution in [0.2, 0.25) is 15.1 Å². The minimum absolute atomic E-state index is 0.0166. The molecule has 0 amide bonds. The summed E-state index contributed by atoms with van der Waals surface area (Å²) in [4.78, 5) is 11.0. The minimum atomic E-state index is -0.0302. The van der Waals surface area contributed by atoms with Crippen molar-refractivity contribution < 1.29 is 9.53 Å². The maximum Gasteiger partial charge on any atom is 0.169 e. The third-order valence-electron chi connectivity index (χ3n) is 1.73. The predicted octanol–water partition coefficient (Wildman–Crippen LogP) is 4.00. The fourth-order valence-corrected chi connectivity index (χ4v) is 1.85. The summed E-state index contributed by atoms with van der Waals surface area (Å²) in [6.45, 7) is 1.73. The second-order valence-corrected chi connectivity index (χ2v) is 4.13. The first-order chi connectivity index (χ1) is 7.04. The van der Waals surface area contributed by atoms with Gasteiger partial charge >= 0.3 is 0 Å². The van der Waals surface area contributed by atoms with Gasteiger partial charge in [-0.2, -0.15) is 0 Å². The molecule has 0 N–H and O–H groups in total. The van der Waals surface area contributed by atoms with Crippen LogP contribution in [0.1, 0.15) is 13.3 Å². The van der Waals surface area contributed by atoms with Crippen molar-refractivity contribution in [1.29, 1.82) is 0 Å². The number of hydrogen-bond donors (Lipinski definition) is 0. The highest BCUT2D eigenvalue weighted by Crippen LogP contribution is 2.35. The number of ketones is 1. The van der Waals surface area contributed by atoms with Crippen LogP contribution in [-0.4, -0.2) is 12.4 Å². The number of rotatable bonds is 4. The first-order valence-electron chi connectivity index (χ1n) is 4.33. The molecule has 0 unspecified atom stereocenters. The molecular weight excluding hydrogens is 258 g/mol. The zero-order chi connectivity index (χ0) is 11.4. The van der Waals surface area contributed by atoms with Crippen LogP contribution in [0.4, 0.5) is 0 Å². The lowest BCUT2D eigenvalue weighted by molar-refractivity contribution is -0.120. The zero-order valence-corrected chi connectivity index (χ0v) is 10.3. The quantitative estimate of drug-likeness (QED) is 0.824. The molecule has 0 saturated carbocycles. The lowest BCUT2D eigenvalue weighted by Gasteiger charge is -2.08. The van der Waals surface area contributed by atoms with Gasteiger partial charge in [0.25, 0.3) is 0 Å². The van der Waals surface area contributed by atoms with Gasteiger partial charge in [0.05, 0.1) is 10.0 Å². The van der Waals surface area contributed by atoms with Gasteiger partial charge in [0, 0.05) is 11.4 Å². The molecule has 0 radical (unpaired) electrons. The number of hydrogen-bond acceptors (Lipinski definition) is 2. The molecule has 0 spiro atoms. The highest BCUT2D eigenvalue weighted by molar-refractivity contribution is 6.40. The van der Waals surface area contributed by atoms with E-state index in [0.717, 1.165) is 0 Å². The minimum Gasteiger partial charge on any atom is -0.483 e. The van der Waals surface area contributed by atoms with E-state index in [1.54, 1.807) is 6.92 Å². The van der Waals surface area contributed by atoms with Crippen molar-refractivity contribution in [2.45, 2.75) is 13.3 Å². The van der Waals surface area contributed by atoms with Gasteiger partial charge in [0.15, 0.2) is 11.5 Å². The Labute approximate surface area is 103 Å². The lowest BCUT2D eigenvalue weighted by Crippen LogP contribution is -2.10. The highest BCUT2D eigenvalue weighted by Gasteiger charge is 2.10. The van der Waals surface area contributed by atoms with Crippen molar-refractivity contribution in [3.05, 3.63) is 27.2 Å². The summed E-state index contributed by atoms with van der Waals surface area (Å²) in [6, 6.07) is 3.03. The van der Waals surface area contributed by atoms with Crippen LogP contribution in [0.15, 0.2) is 12.1 Å². The highest BCUT2D eigenvalue weighted by atomic mass is 35.5. The molecule has 0 bridgehead atoms. The summed E-state index contributed by atoms with van der Waals surface area (Å²) in [5.41, 5.74) is 0. The zero-order valence-electron chi connectivity index (χ0n) is 8.02. The third-order valence-corrected chi connectivity index (χ3v) is 2.51. The van der Waals surface area contributed by atoms with Gasteiger partial charge in [-0.25, -0.2) is 0 Å². The van der Waals surface area contributed by atoms with Crippen molar-refractivity contribution in [3.63, 3.8) is 0 Å². The molecule has 1 aromatic carbocycles. The van der Waals surface area contributed by atoms with Crippen LogP contribution in [-0.2, 0) is 4.79 Å². The Morgan fingerprint density at radius 2 is 1.80 bits per heavy atom. The van der Waals surface area contributed by atoms with Crippen molar-refractivity contribution in [2.24, 2.45) is 0 Å². The molecule has 0 aliphatic heterocycles. The van der Waals surface area contributed by atoms with Crippen molar-refractivity contribution in [1.82, 2.24) is 0 Å². The van der Waals surface area contributed by atoms with E-state index in [-0.39, 0.29) is 12.4 Å². The molecule has 15 heavy (non-hydrogen) atoms. The summed E-state index contributed by atoms with van der Waals surface area (Å²) in [5.74, 6) is 0.279. The number of carbonyl (C=O) groups is 1. The summed E-state index contributed by atoms with van der Waals surface area (Å²) in [7, 11) is 0. The smallest absolute Gasteiger partial charge is 0.169 e. The normalized spacial score (nSPS) is 10.1. The van der Waals surface area contributed by atoms with E-state index in [9.17, 15) is 4.79 Å². The molecule has 0 saturated heterocycles. The summed E-state index contributed by atoms with van der Waals surface area (Å²) >= 11 is 17.4. The van der Waals surface area contributed by atoms with E-state index in [0.29, 0.717) is 27.2 Å². The van der Waals surface area contributed by atoms with Crippen LogP contribution < -0.4 is 4.74 Å². The van der Waals surface area contributed by atoms with E-state index < -0.39 is 0 Å². The van der Waals surface area contributed by atoms with E-state index >= 15 is 0 Å². The molecule has 0 fully saturated rings. The summed E-state index contributed by atoms with van der Waals surface area (Å²) in [6.07, 6.45) is 0.419. The van der Waals surface area contributed by atoms with Gasteiger partial charge in [-0.3, -0.25) is 4.79 Å². The maximum atomic E-state index is 11.0. The third kappa shape index (κ3) is 3.56. The van der Waals surface area contributed by atoms with Crippen molar-refractivity contribution in [2.75, 3.05) is 6.61 Å². The maximum absolute atomic E-state index is 11.0. The van der Waals surface area contributed by atoms with Gasteiger partial charge < -0.3 is 4.74 Å². The standard InChI is InChI=1S/C10H9Cl3O2/c1-2-7(14)5-15-10-8(12)3-6(11)4-9(10)13/h3-4H,2,5H2,1H3. The van der Waals surface area contributed by atoms with Crippen LogP contribution in [0, 0.1) is 0 Å². The van der Waals surface area contributed by atoms with E-state index in [1.165, 1.54) is 12.1 Å². The molecule has 0 atom stereocenters. The number of benzene rings is 1. The van der Waals surface area contributed by atoms with E-state index in [2.05, 4.69) is 0 Å². The van der Waals surface area contributed by atoms with Crippen LogP contribution in [0.3, 0.4) is 0 Å². The van der Waals surface area contributed by atoms with E-state index in [1.807, 2.05) is 0 Å². The Balaban J connectivity index is 2.81. The monoisotopic (exact) mass is 266 g/mol. The van der Waals surface area contributed by atoms with Gasteiger partial charge in [-0.1, -0.05) is 41.7 Å². The Kier molecular flexibility index (Phi) is 4.71. The summed E-state index contributed by atoms with van der Waals surface area (Å²) in [5, 5.41) is 1.03. The SMILES string of the molecule is CCC(=O)COc1c(Cl)cc(Cl)cc1Cl. The van der Waals surface area contributed by atoms with Gasteiger partial charge in [0.2, 0.25) is 0 Å². The molecule has 2 nitrogen and oxygen atoms in total. The Morgan fingerprint density at radius 1 is 1.27 bits per heavy atom. The Bertz CT molecular complexity index is 354. The molecule has 0 aliphatic rings. The van der Waals surface area contributed by atoms with Gasteiger partial charge in [0.1, 0.15) is 6.61 Å². The predicted molar refractivity (Wildman–Crippen MR) is 62.3 cm³/mol. The first kappa shape index (κ1) is 12.6. The molecular formula is C10H9Cl3O2. The Hall–Kier alpha value is -0.440. The molecule has 1 rings (SSSR count). The second-order valence-electron chi connectivity index (χ2n) is 2.88. The number of Topliss-reactive ketones (excluding diaryl/α,β-unsaturated/α-hetero) is 1. The second kappa shape index (κ2) is 5.59. The van der Waals surface area contributed by atoms with Crippen molar-refractivity contribution in [3.8, 4) is 5.75 Å². The first-order valence-corrected chi connectivity index (χ1v) is 5.47. The number of carbonyl (C=O) groups excluding carboxylic acids is 1. The lowest BCUT2D eigenvalue weighted by atomic mass is 10.3. The number of halogens is 3. The topological polar surface area (TPSA) is 26.3 Å². The molecule has 5 heteroatoms. The van der Waals surface area contributed by atoms with E-state index in [4.69, 9.17) is 39.5 Å². The van der Waals surface area contributed by atoms with Gasteiger partial charge in [-0.15, -0.1) is 0 Å². The van der Waals surface area contributed by atoms with Crippen LogP contribution >= 0.6 is 34.8 Å². The van der Waals surface area contributed by atoms with Gasteiger partial charge in [-0.05, 0) is 12.1 Å². The molecule has 1 aromatic rings. The largest absolute Gasteiger partial charge is 0.483 e. The summed E-state index contributed by atoms with van der Waals surface area (Å²) < 4.78 is 5.20. The van der Waals surface area contributed by atoms with Crippen LogP contribution in [0.5, 0.6) is 5.75 Å². The fourth-order valence-electron chi connectivity index (χ4n) is 0.922. The average Bonchev–Trinajstić information content (AvgIpc) is 2.15.